The van der Waals surface area contributed by atoms with Crippen molar-refractivity contribution in [2.75, 3.05) is 26.4 Å². The van der Waals surface area contributed by atoms with E-state index in [4.69, 9.17) is 24.3 Å². The Hall–Kier alpha value is -2.55. The number of nitrogens with two attached hydrogens (primary N) is 1. The highest BCUT2D eigenvalue weighted by molar-refractivity contribution is 7.47. The number of hydrogen-bond acceptors (Lipinski definition) is 8. The Morgan fingerprint density at radius 3 is 1.08 bits per heavy atom. The minimum absolute atomic E-state index is 0.0531. The van der Waals surface area contributed by atoms with Gasteiger partial charge in [-0.3, -0.25) is 18.6 Å². The molecular weight excluding hydrogens is 978 g/mol. The molecule has 2 unspecified atom stereocenters. The molecule has 2 atom stereocenters. The lowest BCUT2D eigenvalue weighted by Crippen LogP contribution is -2.29. The average molecular weight is 1100 g/mol. The Balaban J connectivity index is 3.86. The molecule has 0 aromatic rings. The monoisotopic (exact) mass is 1100 g/mol. The number of esters is 2. The average Bonchev–Trinajstić information content (AvgIpc) is 3.42. The molecule has 0 spiro atoms. The SMILES string of the molecule is CC/C=C\C/C=C\C/C=C\C/C=C\C/C=C\CCCCCCCCCCCCCCCCCCCCCC(=O)OC(COC(=O)CCCCCCCCCCC/C=C\CCCCCCCCCC)COP(=O)(O)OCCN. The summed E-state index contributed by atoms with van der Waals surface area (Å²) in [5.74, 6) is -0.817. The summed E-state index contributed by atoms with van der Waals surface area (Å²) in [6, 6.07) is 0. The fourth-order valence-corrected chi connectivity index (χ4v) is 10.1. The maximum atomic E-state index is 12.7. The van der Waals surface area contributed by atoms with Crippen molar-refractivity contribution in [3.8, 4) is 0 Å². The van der Waals surface area contributed by atoms with E-state index in [1.54, 1.807) is 0 Å². The van der Waals surface area contributed by atoms with Gasteiger partial charge in [0.15, 0.2) is 6.10 Å². The van der Waals surface area contributed by atoms with Gasteiger partial charge in [0.05, 0.1) is 13.2 Å². The van der Waals surface area contributed by atoms with Crippen LogP contribution in [0.25, 0.3) is 0 Å². The van der Waals surface area contributed by atoms with Gasteiger partial charge in [-0.25, -0.2) is 4.57 Å². The number of carbonyl (C=O) groups is 2. The van der Waals surface area contributed by atoms with Gasteiger partial charge < -0.3 is 20.1 Å². The molecule has 77 heavy (non-hydrogen) atoms. The van der Waals surface area contributed by atoms with Gasteiger partial charge >= 0.3 is 19.8 Å². The Morgan fingerprint density at radius 1 is 0.403 bits per heavy atom. The molecule has 0 aromatic heterocycles. The van der Waals surface area contributed by atoms with Crippen molar-refractivity contribution in [1.82, 2.24) is 0 Å². The zero-order valence-electron chi connectivity index (χ0n) is 50.2. The summed E-state index contributed by atoms with van der Waals surface area (Å²) >= 11 is 0. The second kappa shape index (κ2) is 62.6. The molecule has 0 amide bonds. The van der Waals surface area contributed by atoms with Gasteiger partial charge in [0.2, 0.25) is 0 Å². The summed E-state index contributed by atoms with van der Waals surface area (Å²) in [6.45, 7) is 3.67. The van der Waals surface area contributed by atoms with Gasteiger partial charge in [0.1, 0.15) is 6.61 Å². The first-order valence-electron chi connectivity index (χ1n) is 32.4. The largest absolute Gasteiger partial charge is 0.472 e. The van der Waals surface area contributed by atoms with Crippen LogP contribution in [0, 0.1) is 0 Å². The number of phosphoric acid groups is 1. The van der Waals surface area contributed by atoms with Crippen molar-refractivity contribution in [2.45, 2.75) is 315 Å². The first-order chi connectivity index (χ1) is 37.8. The summed E-state index contributed by atoms with van der Waals surface area (Å²) < 4.78 is 33.1. The standard InChI is InChI=1S/C67H122NO8P/c1-3-5-7-9-11-13-15-17-19-21-23-25-26-27-28-29-30-31-32-33-34-35-36-37-38-40-42-44-46-48-50-52-54-56-58-60-67(70)76-65(64-75-77(71,72)74-62-61-68)63-73-66(69)59-57-55-53-51-49-47-45-43-41-39-24-22-20-18-16-14-12-10-8-6-4-2/h5,7,11,13,17,19,22-25,27-28,65H,3-4,6,8-10,12,14-16,18,20-21,26,29-64,68H2,1-2H3,(H,71,72)/b7-5-,13-11-,19-17-,24-22-,25-23-,28-27-. The molecule has 0 rings (SSSR count). The number of phosphoric ester groups is 1. The lowest BCUT2D eigenvalue weighted by Gasteiger charge is -2.19. The third kappa shape index (κ3) is 62.5. The molecule has 0 saturated carbocycles. The zero-order chi connectivity index (χ0) is 55.9. The second-order valence-corrected chi connectivity index (χ2v) is 23.1. The van der Waals surface area contributed by atoms with E-state index in [1.165, 1.54) is 205 Å². The number of unbranched alkanes of at least 4 members (excludes halogenated alkanes) is 36. The number of ether oxygens (including phenoxy) is 2. The predicted octanol–water partition coefficient (Wildman–Crippen LogP) is 20.9. The normalized spacial score (nSPS) is 13.5. The van der Waals surface area contributed by atoms with Crippen LogP contribution in [0.5, 0.6) is 0 Å². The highest BCUT2D eigenvalue weighted by atomic mass is 31.2. The van der Waals surface area contributed by atoms with Crippen LogP contribution in [0.4, 0.5) is 0 Å². The van der Waals surface area contributed by atoms with E-state index < -0.39 is 26.5 Å². The van der Waals surface area contributed by atoms with E-state index in [0.29, 0.717) is 6.42 Å². The predicted molar refractivity (Wildman–Crippen MR) is 330 cm³/mol. The first-order valence-corrected chi connectivity index (χ1v) is 33.9. The van der Waals surface area contributed by atoms with E-state index in [0.717, 1.165) is 70.6 Å². The Labute approximate surface area is 475 Å². The van der Waals surface area contributed by atoms with E-state index >= 15 is 0 Å². The quantitative estimate of drug-likeness (QED) is 0.0264. The molecular formula is C67H122NO8P. The molecule has 0 bridgehead atoms. The molecule has 0 fully saturated rings. The minimum atomic E-state index is -4.39. The topological polar surface area (TPSA) is 134 Å². The summed E-state index contributed by atoms with van der Waals surface area (Å²) in [6.07, 6.45) is 81.2. The molecule has 0 aromatic carbocycles. The third-order valence-corrected chi connectivity index (χ3v) is 15.1. The van der Waals surface area contributed by atoms with Crippen LogP contribution in [0.2, 0.25) is 0 Å². The summed E-state index contributed by atoms with van der Waals surface area (Å²) in [5.41, 5.74) is 5.39. The van der Waals surface area contributed by atoms with Gasteiger partial charge in [0, 0.05) is 19.4 Å². The number of rotatable bonds is 61. The van der Waals surface area contributed by atoms with E-state index in [1.807, 2.05) is 0 Å². The Bertz CT molecular complexity index is 1490. The fourth-order valence-electron chi connectivity index (χ4n) is 9.31. The zero-order valence-corrected chi connectivity index (χ0v) is 51.1. The van der Waals surface area contributed by atoms with Crippen molar-refractivity contribution >= 4 is 19.8 Å². The molecule has 0 aliphatic rings. The van der Waals surface area contributed by atoms with Crippen LogP contribution < -0.4 is 5.73 Å². The summed E-state index contributed by atoms with van der Waals surface area (Å²) in [7, 11) is -4.39. The van der Waals surface area contributed by atoms with E-state index in [-0.39, 0.29) is 38.6 Å². The van der Waals surface area contributed by atoms with Gasteiger partial charge in [-0.1, -0.05) is 286 Å². The molecule has 0 radical (unpaired) electrons. The first kappa shape index (κ1) is 74.5. The van der Waals surface area contributed by atoms with E-state index in [2.05, 4.69) is 86.8 Å². The maximum absolute atomic E-state index is 12.7. The Morgan fingerprint density at radius 2 is 0.714 bits per heavy atom. The molecule has 3 N–H and O–H groups in total. The van der Waals surface area contributed by atoms with Crippen molar-refractivity contribution in [2.24, 2.45) is 5.73 Å². The van der Waals surface area contributed by atoms with Crippen LogP contribution in [0.15, 0.2) is 72.9 Å². The van der Waals surface area contributed by atoms with Gasteiger partial charge in [0.25, 0.3) is 0 Å². The maximum Gasteiger partial charge on any atom is 0.472 e. The molecule has 0 aliphatic heterocycles. The van der Waals surface area contributed by atoms with Gasteiger partial charge in [-0.05, 0) is 83.5 Å². The highest BCUT2D eigenvalue weighted by Gasteiger charge is 2.26. The van der Waals surface area contributed by atoms with Crippen LogP contribution in [-0.2, 0) is 32.7 Å². The van der Waals surface area contributed by atoms with Gasteiger partial charge in [-0.15, -0.1) is 0 Å². The molecule has 10 heteroatoms. The lowest BCUT2D eigenvalue weighted by molar-refractivity contribution is -0.161. The van der Waals surface area contributed by atoms with Crippen LogP contribution in [0.3, 0.4) is 0 Å². The summed E-state index contributed by atoms with van der Waals surface area (Å²) in [5, 5.41) is 0. The third-order valence-electron chi connectivity index (χ3n) is 14.1. The molecule has 9 nitrogen and oxygen atoms in total. The lowest BCUT2D eigenvalue weighted by atomic mass is 10.0. The Kier molecular flexibility index (Phi) is 60.6. The van der Waals surface area contributed by atoms with Gasteiger partial charge in [-0.2, -0.15) is 0 Å². The van der Waals surface area contributed by atoms with E-state index in [9.17, 15) is 19.0 Å². The highest BCUT2D eigenvalue weighted by Crippen LogP contribution is 2.43. The summed E-state index contributed by atoms with van der Waals surface area (Å²) in [4.78, 5) is 35.3. The molecule has 448 valence electrons. The van der Waals surface area contributed by atoms with Crippen molar-refractivity contribution in [1.29, 1.82) is 0 Å². The second-order valence-electron chi connectivity index (χ2n) is 21.6. The number of carbonyl (C=O) groups excluding carboxylic acids is 2. The smallest absolute Gasteiger partial charge is 0.462 e. The van der Waals surface area contributed by atoms with Crippen molar-refractivity contribution in [3.63, 3.8) is 0 Å². The number of hydrogen-bond donors (Lipinski definition) is 2. The van der Waals surface area contributed by atoms with Crippen LogP contribution in [-0.4, -0.2) is 49.3 Å². The van der Waals surface area contributed by atoms with Crippen molar-refractivity contribution < 1.29 is 37.6 Å². The molecule has 0 heterocycles. The molecule has 0 aliphatic carbocycles. The van der Waals surface area contributed by atoms with Crippen molar-refractivity contribution in [3.05, 3.63) is 72.9 Å². The minimum Gasteiger partial charge on any atom is -0.462 e. The fraction of sp³-hybridized carbons (Fsp3) is 0.791. The number of allylic oxidation sites excluding steroid dienone is 12. The molecule has 0 saturated heterocycles. The van der Waals surface area contributed by atoms with Crippen LogP contribution in [0.1, 0.15) is 309 Å². The van der Waals surface area contributed by atoms with Crippen LogP contribution >= 0.6 is 7.82 Å².